The van der Waals surface area contributed by atoms with Crippen molar-refractivity contribution in [1.29, 1.82) is 0 Å². The average molecular weight is 411 g/mol. The molecule has 5 rings (SSSR count). The Bertz CT molecular complexity index is 1640. The van der Waals surface area contributed by atoms with Gasteiger partial charge < -0.3 is 9.55 Å². The van der Waals surface area contributed by atoms with Crippen LogP contribution in [0.3, 0.4) is 0 Å². The molecule has 0 aliphatic heterocycles. The Morgan fingerprint density at radius 1 is 0.742 bits per heavy atom. The second kappa shape index (κ2) is 6.81. The van der Waals surface area contributed by atoms with E-state index < -0.39 is 0 Å². The van der Waals surface area contributed by atoms with Crippen LogP contribution in [0, 0.1) is 0 Å². The van der Waals surface area contributed by atoms with Crippen molar-refractivity contribution in [1.82, 2.24) is 9.55 Å². The van der Waals surface area contributed by atoms with Crippen molar-refractivity contribution in [3.05, 3.63) is 80.1 Å². The van der Waals surface area contributed by atoms with E-state index in [4.69, 9.17) is 0 Å². The highest BCUT2D eigenvalue weighted by Crippen LogP contribution is 2.29. The van der Waals surface area contributed by atoms with Crippen molar-refractivity contribution in [3.8, 4) is 0 Å². The molecule has 0 aliphatic carbocycles. The lowest BCUT2D eigenvalue weighted by Gasteiger charge is -2.17. The highest BCUT2D eigenvalue weighted by molar-refractivity contribution is 6.04. The average Bonchev–Trinajstić information content (AvgIpc) is 2.75. The van der Waals surface area contributed by atoms with Gasteiger partial charge in [-0.2, -0.15) is 0 Å². The van der Waals surface area contributed by atoms with Crippen molar-refractivity contribution < 1.29 is 0 Å². The molecule has 4 nitrogen and oxygen atoms in total. The lowest BCUT2D eigenvalue weighted by molar-refractivity contribution is 0.859. The highest BCUT2D eigenvalue weighted by atomic mass is 16.1. The predicted molar refractivity (Wildman–Crippen MR) is 131 cm³/mol. The molecule has 156 valence electrons. The minimum absolute atomic E-state index is 0.00200. The number of para-hydroxylation sites is 2. The molecule has 0 atom stereocenters. The molecule has 31 heavy (non-hydrogen) atoms. The number of hydrogen-bond acceptors (Lipinski definition) is 2. The molecule has 0 aliphatic rings. The van der Waals surface area contributed by atoms with Gasteiger partial charge in [0.15, 0.2) is 10.9 Å². The van der Waals surface area contributed by atoms with E-state index >= 15 is 0 Å². The van der Waals surface area contributed by atoms with Gasteiger partial charge in [-0.05, 0) is 47.2 Å². The Labute approximate surface area is 180 Å². The van der Waals surface area contributed by atoms with Gasteiger partial charge in [0.25, 0.3) is 0 Å². The molecule has 0 saturated carbocycles. The predicted octanol–water partition coefficient (Wildman–Crippen LogP) is 5.93. The van der Waals surface area contributed by atoms with Gasteiger partial charge in [0.05, 0.1) is 22.1 Å². The third-order valence-corrected chi connectivity index (χ3v) is 6.48. The second-order valence-corrected chi connectivity index (χ2v) is 9.08. The van der Waals surface area contributed by atoms with Crippen molar-refractivity contribution in [2.24, 2.45) is 7.05 Å². The van der Waals surface area contributed by atoms with Crippen LogP contribution in [0.1, 0.15) is 50.7 Å². The van der Waals surface area contributed by atoms with E-state index in [1.807, 2.05) is 43.4 Å². The molecule has 0 radical (unpaired) electrons. The molecular formula is C27H26N2O2. The Balaban J connectivity index is 2.01. The third-order valence-electron chi connectivity index (χ3n) is 6.48. The molecule has 0 saturated heterocycles. The van der Waals surface area contributed by atoms with E-state index in [1.165, 1.54) is 0 Å². The molecule has 1 N–H and O–H groups in total. The molecule has 5 aromatic rings. The van der Waals surface area contributed by atoms with Crippen molar-refractivity contribution in [2.45, 2.75) is 39.5 Å². The number of aryl methyl sites for hydroxylation is 1. The number of nitrogens with zero attached hydrogens (tertiary/aromatic N) is 1. The van der Waals surface area contributed by atoms with E-state index in [9.17, 15) is 9.59 Å². The van der Waals surface area contributed by atoms with Gasteiger partial charge in [-0.25, -0.2) is 0 Å². The largest absolute Gasteiger partial charge is 0.354 e. The lowest BCUT2D eigenvalue weighted by Crippen LogP contribution is -2.13. The molecule has 2 heterocycles. The van der Waals surface area contributed by atoms with Crippen LogP contribution in [0.5, 0.6) is 0 Å². The van der Waals surface area contributed by atoms with E-state index in [1.54, 1.807) is 0 Å². The van der Waals surface area contributed by atoms with Gasteiger partial charge in [0, 0.05) is 28.6 Å². The van der Waals surface area contributed by atoms with E-state index in [0.717, 1.165) is 27.7 Å². The fraction of sp³-hybridized carbons (Fsp3) is 0.259. The van der Waals surface area contributed by atoms with Crippen LogP contribution in [0.4, 0.5) is 0 Å². The smallest absolute Gasteiger partial charge is 0.197 e. The first kappa shape index (κ1) is 19.6. The lowest BCUT2D eigenvalue weighted by atomic mass is 9.96. The summed E-state index contributed by atoms with van der Waals surface area (Å²) in [5.41, 5.74) is 5.52. The summed E-state index contributed by atoms with van der Waals surface area (Å²) in [4.78, 5) is 30.4. The summed E-state index contributed by atoms with van der Waals surface area (Å²) < 4.78 is 2.06. The first-order valence-corrected chi connectivity index (χ1v) is 10.8. The quantitative estimate of drug-likeness (QED) is 0.367. The van der Waals surface area contributed by atoms with Crippen LogP contribution >= 0.6 is 0 Å². The minimum Gasteiger partial charge on any atom is -0.354 e. The first-order valence-electron chi connectivity index (χ1n) is 10.8. The number of aromatic amines is 1. The highest BCUT2D eigenvalue weighted by Gasteiger charge is 2.17. The number of rotatable bonds is 2. The second-order valence-electron chi connectivity index (χ2n) is 9.08. The van der Waals surface area contributed by atoms with Crippen LogP contribution in [0.15, 0.2) is 58.1 Å². The Morgan fingerprint density at radius 3 is 2.03 bits per heavy atom. The summed E-state index contributed by atoms with van der Waals surface area (Å²) in [6, 6.07) is 15.5. The van der Waals surface area contributed by atoms with Crippen LogP contribution in [-0.4, -0.2) is 9.55 Å². The number of aromatic nitrogens is 2. The van der Waals surface area contributed by atoms with Crippen LogP contribution in [0.25, 0.3) is 43.6 Å². The van der Waals surface area contributed by atoms with Gasteiger partial charge in [0.2, 0.25) is 0 Å². The fourth-order valence-corrected chi connectivity index (χ4v) is 4.85. The molecule has 4 heteroatoms. The maximum absolute atomic E-state index is 13.5. The molecular weight excluding hydrogens is 384 g/mol. The summed E-state index contributed by atoms with van der Waals surface area (Å²) in [5.74, 6) is 0.567. The molecule has 0 spiro atoms. The summed E-state index contributed by atoms with van der Waals surface area (Å²) >= 11 is 0. The first-order chi connectivity index (χ1) is 14.8. The van der Waals surface area contributed by atoms with Gasteiger partial charge in [0.1, 0.15) is 0 Å². The van der Waals surface area contributed by atoms with Crippen molar-refractivity contribution >= 4 is 43.6 Å². The van der Waals surface area contributed by atoms with E-state index in [2.05, 4.69) is 49.4 Å². The molecule has 0 unspecified atom stereocenters. The zero-order valence-corrected chi connectivity index (χ0v) is 18.5. The number of nitrogens with one attached hydrogen (secondary N) is 1. The van der Waals surface area contributed by atoms with Crippen molar-refractivity contribution in [2.75, 3.05) is 0 Å². The van der Waals surface area contributed by atoms with E-state index in [0.29, 0.717) is 27.1 Å². The summed E-state index contributed by atoms with van der Waals surface area (Å²) in [5, 5.41) is 2.64. The van der Waals surface area contributed by atoms with Crippen LogP contribution in [-0.2, 0) is 7.05 Å². The third kappa shape index (κ3) is 2.74. The van der Waals surface area contributed by atoms with Crippen LogP contribution in [0.2, 0.25) is 0 Å². The Hall–Kier alpha value is -3.40. The normalized spacial score (nSPS) is 12.2. The Kier molecular flexibility index (Phi) is 4.30. The number of fused-ring (bicyclic) bond motifs is 4. The summed E-state index contributed by atoms with van der Waals surface area (Å²) in [7, 11) is 1.98. The SMILES string of the molecule is CC(C)c1cccc2c(=O)c3cc4c(cc3[nH]c12)c(=O)c1cccc(C(C)C)c1n4C. The standard InChI is InChI=1S/C27H26N2O2/c1-14(2)16-8-6-10-18-24(16)28-22-12-21-23(13-20(22)26(18)30)29(5)25-17(15(3)4)9-7-11-19(25)27(21)31/h6-15H,1-5H3,(H,28,30). The molecule has 2 aromatic heterocycles. The fourth-order valence-electron chi connectivity index (χ4n) is 4.85. The zero-order chi connectivity index (χ0) is 22.0. The number of benzene rings is 3. The van der Waals surface area contributed by atoms with Gasteiger partial charge in [-0.15, -0.1) is 0 Å². The van der Waals surface area contributed by atoms with Gasteiger partial charge in [-0.1, -0.05) is 52.0 Å². The maximum Gasteiger partial charge on any atom is 0.197 e. The van der Waals surface area contributed by atoms with Gasteiger partial charge >= 0.3 is 0 Å². The minimum atomic E-state index is -0.00200. The number of H-pyrrole nitrogens is 1. The number of hydrogen-bond donors (Lipinski definition) is 1. The van der Waals surface area contributed by atoms with Gasteiger partial charge in [-0.3, -0.25) is 9.59 Å². The Morgan fingerprint density at radius 2 is 1.35 bits per heavy atom. The summed E-state index contributed by atoms with van der Waals surface area (Å²) in [6.07, 6.45) is 0. The van der Waals surface area contributed by atoms with E-state index in [-0.39, 0.29) is 22.7 Å². The van der Waals surface area contributed by atoms with Crippen molar-refractivity contribution in [3.63, 3.8) is 0 Å². The topological polar surface area (TPSA) is 54.9 Å². The molecule has 0 bridgehead atoms. The molecule has 3 aromatic carbocycles. The maximum atomic E-state index is 13.5. The summed E-state index contributed by atoms with van der Waals surface area (Å²) in [6.45, 7) is 8.50. The molecule has 0 fully saturated rings. The molecule has 0 amide bonds. The van der Waals surface area contributed by atoms with Crippen LogP contribution < -0.4 is 10.9 Å². The zero-order valence-electron chi connectivity index (χ0n) is 18.5. The number of pyridine rings is 2. The monoisotopic (exact) mass is 410 g/mol.